The Labute approximate surface area is 244 Å². The average molecular weight is 650 g/mol. The third-order valence-electron chi connectivity index (χ3n) is 4.89. The summed E-state index contributed by atoms with van der Waals surface area (Å²) < 4.78 is 26.1. The average Bonchev–Trinajstić information content (AvgIpc) is 2.97. The predicted octanol–water partition coefficient (Wildman–Crippen LogP) is 4.67. The van der Waals surface area contributed by atoms with Gasteiger partial charge in [-0.1, -0.05) is 23.2 Å². The van der Waals surface area contributed by atoms with Gasteiger partial charge < -0.3 is 9.47 Å². The van der Waals surface area contributed by atoms with E-state index >= 15 is 0 Å². The van der Waals surface area contributed by atoms with Crippen LogP contribution in [0.25, 0.3) is 22.5 Å². The molecule has 0 atom stereocenters. The Bertz CT molecular complexity index is 1530. The number of pyridine rings is 4. The number of nitrogens with zero attached hydrogens (tertiary/aromatic N) is 4. The van der Waals surface area contributed by atoms with Crippen molar-refractivity contribution in [1.82, 2.24) is 19.9 Å². The molecule has 0 aliphatic rings. The van der Waals surface area contributed by atoms with Gasteiger partial charge in [0.1, 0.15) is 5.69 Å². The number of carbonyl (C=O) groups is 3. The van der Waals surface area contributed by atoms with E-state index in [1.807, 2.05) is 19.1 Å². The van der Waals surface area contributed by atoms with Crippen LogP contribution in [0.3, 0.4) is 0 Å². The van der Waals surface area contributed by atoms with Crippen LogP contribution in [-0.4, -0.2) is 67.2 Å². The maximum absolute atomic E-state index is 11.3. The number of halogens is 2. The van der Waals surface area contributed by atoms with Crippen molar-refractivity contribution >= 4 is 56.2 Å². The van der Waals surface area contributed by atoms with E-state index in [1.54, 1.807) is 18.3 Å². The van der Waals surface area contributed by atoms with Crippen LogP contribution in [-0.2, 0) is 17.1 Å². The first-order chi connectivity index (χ1) is 19.2. The van der Waals surface area contributed by atoms with Gasteiger partial charge in [0.15, 0.2) is 6.29 Å². The van der Waals surface area contributed by atoms with Gasteiger partial charge >= 0.3 is 34.4 Å². The monoisotopic (exact) mass is 650 g/mol. The molecule has 4 aromatic rings. The van der Waals surface area contributed by atoms with Gasteiger partial charge in [-0.25, -0.2) is 9.59 Å². The number of aldehydes is 1. The summed E-state index contributed by atoms with van der Waals surface area (Å²) in [6, 6.07) is 10.0. The molecule has 0 bridgehead atoms. The third-order valence-corrected chi connectivity index (χ3v) is 5.47. The number of carbonyl (C=O) groups excluding carboxylic acids is 3. The zero-order valence-electron chi connectivity index (χ0n) is 21.2. The number of aromatic nitrogens is 4. The first-order valence-electron chi connectivity index (χ1n) is 10.9. The normalized spacial score (nSPS) is 9.62. The summed E-state index contributed by atoms with van der Waals surface area (Å²) in [5, 5.41) is 0.701. The molecule has 0 radical (unpaired) electrons. The van der Waals surface area contributed by atoms with Gasteiger partial charge in [-0.2, -0.15) is 0 Å². The van der Waals surface area contributed by atoms with Crippen molar-refractivity contribution in [2.75, 3.05) is 14.2 Å². The fourth-order valence-electron chi connectivity index (χ4n) is 2.98. The molecule has 40 heavy (non-hydrogen) atoms. The van der Waals surface area contributed by atoms with Crippen molar-refractivity contribution in [3.63, 3.8) is 0 Å². The molecular weight excluding hydrogens is 630 g/mol. The van der Waals surface area contributed by atoms with Crippen LogP contribution in [0.4, 0.5) is 0 Å². The second kappa shape index (κ2) is 16.1. The summed E-state index contributed by atoms with van der Waals surface area (Å²) >= 11 is 10.6. The predicted molar refractivity (Wildman–Crippen MR) is 145 cm³/mol. The van der Waals surface area contributed by atoms with Crippen molar-refractivity contribution < 1.29 is 31.5 Å². The zero-order chi connectivity index (χ0) is 29.7. The Hall–Kier alpha value is -4.09. The third kappa shape index (κ3) is 8.99. The Kier molecular flexibility index (Phi) is 12.9. The van der Waals surface area contributed by atoms with Crippen molar-refractivity contribution in [2.24, 2.45) is 0 Å². The molecule has 4 rings (SSSR count). The fraction of sp³-hybridized carbons (Fsp3) is 0.115. The van der Waals surface area contributed by atoms with Crippen molar-refractivity contribution in [2.45, 2.75) is 6.92 Å². The van der Waals surface area contributed by atoms with Gasteiger partial charge in [0.25, 0.3) is 0 Å². The summed E-state index contributed by atoms with van der Waals surface area (Å²) in [5.74, 6) is -0.964. The molecule has 0 fully saturated rings. The van der Waals surface area contributed by atoms with Crippen LogP contribution in [0.15, 0.2) is 61.2 Å². The molecule has 0 aliphatic heterocycles. The van der Waals surface area contributed by atoms with E-state index < -0.39 is 26.8 Å². The summed E-state index contributed by atoms with van der Waals surface area (Å²) in [5.41, 5.74) is 4.39. The van der Waals surface area contributed by atoms with E-state index in [1.165, 1.54) is 44.9 Å². The van der Waals surface area contributed by atoms with Crippen molar-refractivity contribution in [1.29, 1.82) is 0 Å². The number of rotatable bonds is 5. The molecule has 0 amide bonds. The first-order valence-corrected chi connectivity index (χ1v) is 13.1. The van der Waals surface area contributed by atoms with Gasteiger partial charge in [-0.05, 0) is 43.3 Å². The Morgan fingerprint density at radius 3 is 1.52 bits per heavy atom. The van der Waals surface area contributed by atoms with E-state index in [-0.39, 0.29) is 5.56 Å². The summed E-state index contributed by atoms with van der Waals surface area (Å²) in [7, 11) is 2.60. The maximum atomic E-state index is 11.3. The van der Waals surface area contributed by atoms with Crippen LogP contribution >= 0.6 is 23.2 Å². The van der Waals surface area contributed by atoms with Gasteiger partial charge in [0, 0.05) is 41.6 Å². The van der Waals surface area contributed by atoms with Gasteiger partial charge in [0.2, 0.25) is 0 Å². The molecule has 11 nitrogen and oxygen atoms in total. The minimum atomic E-state index is -1.62. The summed E-state index contributed by atoms with van der Waals surface area (Å²) in [6.07, 6.45) is 6.66. The molecule has 0 unspecified atom stereocenters. The molecule has 14 heteroatoms. The van der Waals surface area contributed by atoms with Gasteiger partial charge in [-0.15, -0.1) is 0 Å². The number of methoxy groups -OCH3 is 2. The van der Waals surface area contributed by atoms with Crippen LogP contribution in [0.1, 0.15) is 36.9 Å². The standard InChI is InChI=1S/C13H9ClN2O3.C13H11ClN2O2.O2Se/c1-19-13(18)9-4-11(14)12(16-6-9)8-2-3-10(7-17)15-5-8;1-8-3-4-9(6-15-8)12-11(14)5-10(7-16-12)13(17)18-2;1-3-2/h2-7H,1H3;3-7H,1-2H3;. The molecule has 0 saturated carbocycles. The molecular formula is C26H20Cl2N4O7Se. The van der Waals surface area contributed by atoms with E-state index in [0.717, 1.165) is 11.3 Å². The molecule has 0 spiro atoms. The number of aryl methyl sites for hydroxylation is 1. The second-order valence-corrected chi connectivity index (χ2v) is 8.54. The van der Waals surface area contributed by atoms with Gasteiger partial charge in [-0.3, -0.25) is 24.7 Å². The van der Waals surface area contributed by atoms with E-state index in [4.69, 9.17) is 30.9 Å². The molecule has 206 valence electrons. The zero-order valence-corrected chi connectivity index (χ0v) is 24.4. The Morgan fingerprint density at radius 1 is 0.750 bits per heavy atom. The molecule has 4 aromatic heterocycles. The SMILES string of the molecule is COC(=O)c1cnc(-c2ccc(C)nc2)c(Cl)c1.COC(=O)c1cnc(-c2ccc(C=O)nc2)c(Cl)c1.O=[Se]=O. The fourth-order valence-corrected chi connectivity index (χ4v) is 3.53. The number of hydrogen-bond acceptors (Lipinski definition) is 11. The van der Waals surface area contributed by atoms with Crippen LogP contribution in [0, 0.1) is 6.92 Å². The number of ether oxygens (including phenoxy) is 2. The molecule has 4 heterocycles. The van der Waals surface area contributed by atoms with E-state index in [2.05, 4.69) is 29.4 Å². The van der Waals surface area contributed by atoms with Crippen LogP contribution in [0.5, 0.6) is 0 Å². The van der Waals surface area contributed by atoms with Crippen molar-refractivity contribution in [3.05, 3.63) is 93.7 Å². The quantitative estimate of drug-likeness (QED) is 0.168. The molecule has 0 N–H and O–H groups in total. The Balaban J connectivity index is 0.000000256. The van der Waals surface area contributed by atoms with Crippen LogP contribution in [0.2, 0.25) is 10.0 Å². The first kappa shape index (κ1) is 32.1. The summed E-state index contributed by atoms with van der Waals surface area (Å²) in [4.78, 5) is 49.6. The number of esters is 2. The Morgan fingerprint density at radius 2 is 1.20 bits per heavy atom. The van der Waals surface area contributed by atoms with Gasteiger partial charge in [0.05, 0.1) is 46.8 Å². The molecule has 0 aromatic carbocycles. The minimum absolute atomic E-state index is 0.272. The summed E-state index contributed by atoms with van der Waals surface area (Å²) in [6.45, 7) is 1.90. The van der Waals surface area contributed by atoms with Crippen molar-refractivity contribution in [3.8, 4) is 22.5 Å². The molecule has 0 aliphatic carbocycles. The number of hydrogen-bond donors (Lipinski definition) is 0. The molecule has 0 saturated heterocycles. The van der Waals surface area contributed by atoms with E-state index in [9.17, 15) is 14.4 Å². The van der Waals surface area contributed by atoms with Crippen LogP contribution < -0.4 is 0 Å². The second-order valence-electron chi connectivity index (χ2n) is 7.44. The topological polar surface area (TPSA) is 155 Å². The van der Waals surface area contributed by atoms with E-state index in [0.29, 0.717) is 44.5 Å².